The van der Waals surface area contributed by atoms with Gasteiger partial charge in [-0.05, 0) is 38.4 Å². The molecule has 1 atom stereocenters. The standard InChI is InChI=1S/C18H25N3O5/c1-19(2)8-9-20(12-17(23)24)18(25)13-10-16(22)21(11-13)14-4-6-15(26-3)7-5-14/h4-7,13H,8-12H2,1-3H3,(H,23,24)/t13-/m1/s1. The van der Waals surface area contributed by atoms with Crippen molar-refractivity contribution in [1.29, 1.82) is 0 Å². The summed E-state index contributed by atoms with van der Waals surface area (Å²) in [6.45, 7) is 0.759. The summed E-state index contributed by atoms with van der Waals surface area (Å²) >= 11 is 0. The Balaban J connectivity index is 2.08. The van der Waals surface area contributed by atoms with E-state index in [1.807, 2.05) is 19.0 Å². The van der Waals surface area contributed by atoms with Crippen molar-refractivity contribution < 1.29 is 24.2 Å². The highest BCUT2D eigenvalue weighted by Crippen LogP contribution is 2.27. The van der Waals surface area contributed by atoms with Gasteiger partial charge < -0.3 is 24.5 Å². The Morgan fingerprint density at radius 2 is 1.88 bits per heavy atom. The molecule has 1 aromatic rings. The molecule has 1 fully saturated rings. The molecule has 2 amide bonds. The van der Waals surface area contributed by atoms with E-state index in [9.17, 15) is 14.4 Å². The van der Waals surface area contributed by atoms with Crippen molar-refractivity contribution in [2.45, 2.75) is 6.42 Å². The van der Waals surface area contributed by atoms with E-state index in [4.69, 9.17) is 9.84 Å². The van der Waals surface area contributed by atoms with Crippen LogP contribution < -0.4 is 9.64 Å². The van der Waals surface area contributed by atoms with Gasteiger partial charge in [0.2, 0.25) is 11.8 Å². The van der Waals surface area contributed by atoms with Gasteiger partial charge in [0.05, 0.1) is 13.0 Å². The monoisotopic (exact) mass is 363 g/mol. The van der Waals surface area contributed by atoms with E-state index in [1.54, 1.807) is 36.3 Å². The van der Waals surface area contributed by atoms with Gasteiger partial charge in [0.1, 0.15) is 12.3 Å². The van der Waals surface area contributed by atoms with Gasteiger partial charge in [-0.1, -0.05) is 0 Å². The SMILES string of the molecule is COc1ccc(N2C[C@H](C(=O)N(CCN(C)C)CC(=O)O)CC2=O)cc1. The average molecular weight is 363 g/mol. The van der Waals surface area contributed by atoms with Crippen LogP contribution in [-0.2, 0) is 14.4 Å². The van der Waals surface area contributed by atoms with Crippen molar-refractivity contribution in [1.82, 2.24) is 9.80 Å². The lowest BCUT2D eigenvalue weighted by Crippen LogP contribution is -2.43. The molecule has 2 rings (SSSR count). The summed E-state index contributed by atoms with van der Waals surface area (Å²) in [6.07, 6.45) is 0.0863. The second-order valence-corrected chi connectivity index (χ2v) is 6.56. The first-order chi connectivity index (χ1) is 12.3. The zero-order valence-electron chi connectivity index (χ0n) is 15.3. The lowest BCUT2D eigenvalue weighted by atomic mass is 10.1. The maximum atomic E-state index is 12.8. The zero-order valence-corrected chi connectivity index (χ0v) is 15.3. The lowest BCUT2D eigenvalue weighted by Gasteiger charge is -2.25. The fourth-order valence-electron chi connectivity index (χ4n) is 2.89. The molecule has 1 N–H and O–H groups in total. The van der Waals surface area contributed by atoms with Crippen LogP contribution in [0.3, 0.4) is 0 Å². The minimum absolute atomic E-state index is 0.0863. The number of anilines is 1. The van der Waals surface area contributed by atoms with Gasteiger partial charge in [-0.2, -0.15) is 0 Å². The number of carbonyl (C=O) groups excluding carboxylic acids is 2. The summed E-state index contributed by atoms with van der Waals surface area (Å²) < 4.78 is 5.11. The van der Waals surface area contributed by atoms with Crippen molar-refractivity contribution in [3.8, 4) is 5.75 Å². The Kier molecular flexibility index (Phi) is 6.57. The van der Waals surface area contributed by atoms with Crippen LogP contribution in [0.4, 0.5) is 5.69 Å². The largest absolute Gasteiger partial charge is 0.497 e. The molecule has 1 saturated heterocycles. The van der Waals surface area contributed by atoms with Crippen LogP contribution in [0, 0.1) is 5.92 Å². The Morgan fingerprint density at radius 1 is 1.23 bits per heavy atom. The topological polar surface area (TPSA) is 90.4 Å². The van der Waals surface area contributed by atoms with Gasteiger partial charge in [-0.15, -0.1) is 0 Å². The normalized spacial score (nSPS) is 16.8. The summed E-state index contributed by atoms with van der Waals surface area (Å²) in [4.78, 5) is 41.0. The van der Waals surface area contributed by atoms with Gasteiger partial charge in [-0.3, -0.25) is 14.4 Å². The van der Waals surface area contributed by atoms with E-state index < -0.39 is 11.9 Å². The molecule has 142 valence electrons. The number of rotatable bonds is 8. The number of carbonyl (C=O) groups is 3. The van der Waals surface area contributed by atoms with E-state index in [0.29, 0.717) is 24.5 Å². The molecule has 1 heterocycles. The predicted molar refractivity (Wildman–Crippen MR) is 96.2 cm³/mol. The van der Waals surface area contributed by atoms with E-state index in [0.717, 1.165) is 0 Å². The second-order valence-electron chi connectivity index (χ2n) is 6.56. The van der Waals surface area contributed by atoms with Crippen LogP contribution in [-0.4, -0.2) is 80.1 Å². The average Bonchev–Trinajstić information content (AvgIpc) is 2.99. The molecular formula is C18H25N3O5. The number of carboxylic acids is 1. The smallest absolute Gasteiger partial charge is 0.323 e. The number of likely N-dealkylation sites (N-methyl/N-ethyl adjacent to an activating group) is 1. The number of ether oxygens (including phenoxy) is 1. The van der Waals surface area contributed by atoms with Gasteiger partial charge in [0, 0.05) is 31.7 Å². The molecule has 8 nitrogen and oxygen atoms in total. The number of carboxylic acid groups (broad SMARTS) is 1. The minimum Gasteiger partial charge on any atom is -0.497 e. The number of amides is 2. The number of hydrogen-bond acceptors (Lipinski definition) is 5. The summed E-state index contributed by atoms with van der Waals surface area (Å²) in [6, 6.07) is 7.05. The molecule has 26 heavy (non-hydrogen) atoms. The molecule has 8 heteroatoms. The van der Waals surface area contributed by atoms with Crippen LogP contribution in [0.15, 0.2) is 24.3 Å². The van der Waals surface area contributed by atoms with E-state index in [-0.39, 0.29) is 31.3 Å². The number of methoxy groups -OCH3 is 1. The fourth-order valence-corrected chi connectivity index (χ4v) is 2.89. The molecule has 1 aromatic carbocycles. The van der Waals surface area contributed by atoms with Gasteiger partial charge in [-0.25, -0.2) is 0 Å². The van der Waals surface area contributed by atoms with Gasteiger partial charge >= 0.3 is 5.97 Å². The van der Waals surface area contributed by atoms with Crippen LogP contribution in [0.5, 0.6) is 5.75 Å². The second kappa shape index (κ2) is 8.66. The van der Waals surface area contributed by atoms with Crippen molar-refractivity contribution in [2.24, 2.45) is 5.92 Å². The Labute approximate surface area is 152 Å². The van der Waals surface area contributed by atoms with E-state index in [1.165, 1.54) is 4.90 Å². The minimum atomic E-state index is -1.06. The van der Waals surface area contributed by atoms with E-state index >= 15 is 0 Å². The predicted octanol–water partition coefficient (Wildman–Crippen LogP) is 0.523. The van der Waals surface area contributed by atoms with Crippen LogP contribution in [0.25, 0.3) is 0 Å². The number of aliphatic carboxylic acids is 1. The number of benzene rings is 1. The molecule has 0 saturated carbocycles. The molecule has 1 aliphatic rings. The summed E-state index contributed by atoms with van der Waals surface area (Å²) in [7, 11) is 5.28. The number of nitrogens with zero attached hydrogens (tertiary/aromatic N) is 3. The molecule has 0 spiro atoms. The third-order valence-electron chi connectivity index (χ3n) is 4.31. The molecular weight excluding hydrogens is 338 g/mol. The summed E-state index contributed by atoms with van der Waals surface area (Å²) in [5.41, 5.74) is 0.698. The van der Waals surface area contributed by atoms with Crippen molar-refractivity contribution >= 4 is 23.5 Å². The molecule has 1 aliphatic heterocycles. The van der Waals surface area contributed by atoms with Gasteiger partial charge in [0.25, 0.3) is 0 Å². The molecule has 0 unspecified atom stereocenters. The third kappa shape index (κ3) is 4.95. The first kappa shape index (κ1) is 19.7. The molecule has 0 bridgehead atoms. The van der Waals surface area contributed by atoms with Crippen LogP contribution in [0.1, 0.15) is 6.42 Å². The highest BCUT2D eigenvalue weighted by atomic mass is 16.5. The maximum absolute atomic E-state index is 12.8. The fraction of sp³-hybridized carbons (Fsp3) is 0.500. The lowest BCUT2D eigenvalue weighted by molar-refractivity contribution is -0.146. The zero-order chi connectivity index (χ0) is 19.3. The van der Waals surface area contributed by atoms with Crippen LogP contribution in [0.2, 0.25) is 0 Å². The highest BCUT2D eigenvalue weighted by Gasteiger charge is 2.37. The molecule has 0 radical (unpaired) electrons. The van der Waals surface area contributed by atoms with Crippen molar-refractivity contribution in [2.75, 3.05) is 52.3 Å². The van der Waals surface area contributed by atoms with Crippen molar-refractivity contribution in [3.63, 3.8) is 0 Å². The molecule has 0 aromatic heterocycles. The van der Waals surface area contributed by atoms with Crippen LogP contribution >= 0.6 is 0 Å². The first-order valence-corrected chi connectivity index (χ1v) is 8.41. The Bertz CT molecular complexity index is 659. The Hall–Kier alpha value is -2.61. The summed E-state index contributed by atoms with van der Waals surface area (Å²) in [5, 5.41) is 9.08. The third-order valence-corrected chi connectivity index (χ3v) is 4.31. The summed E-state index contributed by atoms with van der Waals surface area (Å²) in [5.74, 6) is -1.35. The van der Waals surface area contributed by atoms with Gasteiger partial charge in [0.15, 0.2) is 0 Å². The number of hydrogen-bond donors (Lipinski definition) is 1. The maximum Gasteiger partial charge on any atom is 0.323 e. The highest BCUT2D eigenvalue weighted by molar-refractivity contribution is 6.00. The van der Waals surface area contributed by atoms with E-state index in [2.05, 4.69) is 0 Å². The van der Waals surface area contributed by atoms with Crippen molar-refractivity contribution in [3.05, 3.63) is 24.3 Å². The quantitative estimate of drug-likeness (QED) is 0.724. The molecule has 0 aliphatic carbocycles. The Morgan fingerprint density at radius 3 is 2.42 bits per heavy atom. The first-order valence-electron chi connectivity index (χ1n) is 8.41.